The summed E-state index contributed by atoms with van der Waals surface area (Å²) in [5, 5.41) is 114. The Morgan fingerprint density at radius 2 is 1.21 bits per heavy atom. The number of carbonyl (C=O) groups excluding carboxylic acids is 1. The highest BCUT2D eigenvalue weighted by Gasteiger charge is 2.69. The predicted molar refractivity (Wildman–Crippen MR) is 186 cm³/mol. The number of hydrogen-bond acceptors (Lipinski definition) is 18. The number of aliphatic hydroxyl groups excluding tert-OH is 11. The van der Waals surface area contributed by atoms with Crippen LogP contribution in [-0.2, 0) is 33.2 Å². The third kappa shape index (κ3) is 6.69. The van der Waals surface area contributed by atoms with E-state index < -0.39 is 129 Å². The van der Waals surface area contributed by atoms with Crippen LogP contribution in [0.5, 0.6) is 0 Å². The molecular weight excluding hydrogens is 744 g/mol. The summed E-state index contributed by atoms with van der Waals surface area (Å²) in [6.07, 6.45) is -17.8. The van der Waals surface area contributed by atoms with Crippen molar-refractivity contribution in [2.45, 2.75) is 169 Å². The first-order chi connectivity index (χ1) is 26.4. The largest absolute Gasteiger partial charge is 0.432 e. The Labute approximate surface area is 324 Å². The van der Waals surface area contributed by atoms with Crippen molar-refractivity contribution in [1.29, 1.82) is 0 Å². The molecule has 7 aliphatic rings. The van der Waals surface area contributed by atoms with E-state index in [1.165, 1.54) is 0 Å². The van der Waals surface area contributed by atoms with Gasteiger partial charge in [-0.3, -0.25) is 4.79 Å². The van der Waals surface area contributed by atoms with Gasteiger partial charge in [0.2, 0.25) is 6.29 Å². The normalized spacial score (nSPS) is 54.6. The lowest BCUT2D eigenvalue weighted by molar-refractivity contribution is -0.378. The number of esters is 1. The predicted octanol–water partition coefficient (Wildman–Crippen LogP) is -2.94. The maximum atomic E-state index is 14.1. The fraction of sp³-hybridized carbons (Fsp3) is 0.921. The molecule has 1 spiro atoms. The monoisotopic (exact) mass is 804 g/mol. The zero-order valence-electron chi connectivity index (χ0n) is 31.8. The van der Waals surface area contributed by atoms with Crippen molar-refractivity contribution >= 4 is 5.97 Å². The summed E-state index contributed by atoms with van der Waals surface area (Å²) >= 11 is 0. The Hall–Kier alpha value is -1.43. The molecule has 0 aromatic rings. The van der Waals surface area contributed by atoms with Gasteiger partial charge in [-0.25, -0.2) is 0 Å². The Bertz CT molecular complexity index is 1450. The van der Waals surface area contributed by atoms with Crippen LogP contribution in [0.25, 0.3) is 0 Å². The minimum absolute atomic E-state index is 0.121. The molecule has 3 aliphatic heterocycles. The van der Waals surface area contributed by atoms with Crippen molar-refractivity contribution in [3.63, 3.8) is 0 Å². The van der Waals surface area contributed by atoms with E-state index in [9.17, 15) is 61.0 Å². The molecule has 18 heteroatoms. The molecule has 320 valence electrons. The second-order valence-corrected chi connectivity index (χ2v) is 18.0. The minimum atomic E-state index is -1.81. The molecule has 0 unspecified atom stereocenters. The molecular formula is C38H60O18. The Balaban J connectivity index is 1.10. The lowest BCUT2D eigenvalue weighted by atomic mass is 9.41. The summed E-state index contributed by atoms with van der Waals surface area (Å²) in [5.41, 5.74) is -1.80. The van der Waals surface area contributed by atoms with E-state index in [-0.39, 0.29) is 22.7 Å². The standard InChI is InChI=1S/C38H60O18/c1-16-11-37-9-5-20-35(2,7-4-8-36(20,3)34(50)55-32-29(49)26(46)23(43)18(13-40)52-32)21(37)6-10-38(16,15-37)56-33-30(27(47)24(44)19(14-41)53-33)54-31-28(48)25(45)22(42)17(12-39)51-31/h17-33,39-49H,1,4-15H2,2-3H3/t17-,18-,19-,20+,21+,22+,23+,24+,25-,26+,27+,28+,29+,30+,31+,32+,33+,35+,36-,37-,38-/m1/s1. The smallest absolute Gasteiger partial charge is 0.314 e. The molecule has 56 heavy (non-hydrogen) atoms. The SMILES string of the molecule is C=C1C[C@@]23CC[C@H]4[C@](C)(CCC[C@@]4(C)C(=O)O[C@@H]4O[C@H](CO)[C@H](O)[C@H](O)[C@@H]4O)[C@@H]2CC[C@@]1(O[C@@H]1O[C@H](CO)[C@H](O)[C@H](O)[C@@H]1O[C@@H]1O[C@H](CO)[C@H](O)[C@@H](O)[C@@H]1O)C3. The number of aliphatic hydroxyl groups is 11. The van der Waals surface area contributed by atoms with Gasteiger partial charge in [-0.1, -0.05) is 19.9 Å². The average molecular weight is 805 g/mol. The van der Waals surface area contributed by atoms with Crippen molar-refractivity contribution in [2.24, 2.45) is 28.1 Å². The average Bonchev–Trinajstić information content (AvgIpc) is 3.37. The summed E-state index contributed by atoms with van der Waals surface area (Å²) in [4.78, 5) is 14.1. The van der Waals surface area contributed by atoms with E-state index in [0.717, 1.165) is 18.4 Å². The van der Waals surface area contributed by atoms with Crippen LogP contribution >= 0.6 is 0 Å². The van der Waals surface area contributed by atoms with Crippen LogP contribution in [0.4, 0.5) is 0 Å². The minimum Gasteiger partial charge on any atom is -0.432 e. The molecule has 2 bridgehead atoms. The highest BCUT2D eigenvalue weighted by molar-refractivity contribution is 5.77. The van der Waals surface area contributed by atoms with Crippen LogP contribution < -0.4 is 0 Å². The van der Waals surface area contributed by atoms with Crippen LogP contribution in [0.2, 0.25) is 0 Å². The quantitative estimate of drug-likeness (QED) is 0.0631. The number of carbonyl (C=O) groups is 1. The Morgan fingerprint density at radius 3 is 1.82 bits per heavy atom. The molecule has 7 fully saturated rings. The van der Waals surface area contributed by atoms with Gasteiger partial charge in [0.1, 0.15) is 73.2 Å². The van der Waals surface area contributed by atoms with E-state index in [0.29, 0.717) is 44.9 Å². The second kappa shape index (κ2) is 15.6. The van der Waals surface area contributed by atoms with Gasteiger partial charge in [-0.2, -0.15) is 0 Å². The number of fused-ring (bicyclic) bond motifs is 3. The number of ether oxygens (including phenoxy) is 6. The fourth-order valence-electron chi connectivity index (χ4n) is 12.0. The molecule has 21 atom stereocenters. The maximum Gasteiger partial charge on any atom is 0.314 e. The molecule has 0 radical (unpaired) electrons. The third-order valence-corrected chi connectivity index (χ3v) is 15.0. The molecule has 7 rings (SSSR count). The van der Waals surface area contributed by atoms with Gasteiger partial charge >= 0.3 is 5.97 Å². The summed E-state index contributed by atoms with van der Waals surface area (Å²) in [7, 11) is 0. The zero-order valence-corrected chi connectivity index (χ0v) is 31.8. The summed E-state index contributed by atoms with van der Waals surface area (Å²) in [6.45, 7) is 6.52. The lowest BCUT2D eigenvalue weighted by Gasteiger charge is -2.64. The van der Waals surface area contributed by atoms with Crippen LogP contribution in [0.1, 0.15) is 71.6 Å². The molecule has 18 nitrogen and oxygen atoms in total. The Morgan fingerprint density at radius 1 is 0.679 bits per heavy atom. The van der Waals surface area contributed by atoms with Crippen molar-refractivity contribution < 1.29 is 89.4 Å². The van der Waals surface area contributed by atoms with Crippen LogP contribution in [0.15, 0.2) is 12.2 Å². The van der Waals surface area contributed by atoms with E-state index >= 15 is 0 Å². The van der Waals surface area contributed by atoms with Crippen LogP contribution in [0.3, 0.4) is 0 Å². The summed E-state index contributed by atoms with van der Waals surface area (Å²) < 4.78 is 35.6. The first-order valence-corrected chi connectivity index (χ1v) is 19.9. The molecule has 4 saturated carbocycles. The number of hydrogen-bond donors (Lipinski definition) is 11. The Kier molecular flexibility index (Phi) is 11.9. The van der Waals surface area contributed by atoms with E-state index in [4.69, 9.17) is 28.4 Å². The lowest BCUT2D eigenvalue weighted by Crippen LogP contribution is -2.65. The van der Waals surface area contributed by atoms with Gasteiger partial charge in [0.15, 0.2) is 12.6 Å². The molecule has 0 aromatic carbocycles. The maximum absolute atomic E-state index is 14.1. The van der Waals surface area contributed by atoms with Crippen molar-refractivity contribution in [3.05, 3.63) is 12.2 Å². The highest BCUT2D eigenvalue weighted by Crippen LogP contribution is 2.73. The zero-order chi connectivity index (χ0) is 40.7. The van der Waals surface area contributed by atoms with Crippen molar-refractivity contribution in [3.8, 4) is 0 Å². The van der Waals surface area contributed by atoms with Crippen LogP contribution in [-0.4, -0.2) is 180 Å². The fourth-order valence-corrected chi connectivity index (χ4v) is 12.0. The number of rotatable bonds is 9. The molecule has 3 heterocycles. The van der Waals surface area contributed by atoms with Crippen molar-refractivity contribution in [2.75, 3.05) is 19.8 Å². The summed E-state index contributed by atoms with van der Waals surface area (Å²) in [5.74, 6) is -0.591. The van der Waals surface area contributed by atoms with Gasteiger partial charge in [0.05, 0.1) is 30.8 Å². The molecule has 0 aromatic heterocycles. The third-order valence-electron chi connectivity index (χ3n) is 15.0. The van der Waals surface area contributed by atoms with E-state index in [2.05, 4.69) is 13.5 Å². The van der Waals surface area contributed by atoms with E-state index in [1.807, 2.05) is 6.92 Å². The first kappa shape index (κ1) is 42.7. The molecule has 4 aliphatic carbocycles. The molecule has 0 amide bonds. The van der Waals surface area contributed by atoms with E-state index in [1.54, 1.807) is 0 Å². The van der Waals surface area contributed by atoms with Gasteiger partial charge in [-0.05, 0) is 86.5 Å². The van der Waals surface area contributed by atoms with Crippen molar-refractivity contribution in [1.82, 2.24) is 0 Å². The summed E-state index contributed by atoms with van der Waals surface area (Å²) in [6, 6.07) is 0. The highest BCUT2D eigenvalue weighted by atomic mass is 16.8. The van der Waals surface area contributed by atoms with Gasteiger partial charge < -0.3 is 84.6 Å². The van der Waals surface area contributed by atoms with Gasteiger partial charge in [0.25, 0.3) is 0 Å². The molecule has 3 saturated heterocycles. The van der Waals surface area contributed by atoms with Crippen LogP contribution in [0, 0.1) is 28.1 Å². The topological polar surface area (TPSA) is 295 Å². The molecule has 11 N–H and O–H groups in total. The first-order valence-electron chi connectivity index (χ1n) is 19.9. The van der Waals surface area contributed by atoms with Gasteiger partial charge in [-0.15, -0.1) is 0 Å². The second-order valence-electron chi connectivity index (χ2n) is 18.0. The van der Waals surface area contributed by atoms with Gasteiger partial charge in [0, 0.05) is 0 Å².